The number of phenolic OH excluding ortho intramolecular Hbond substituents is 1. The van der Waals surface area contributed by atoms with Crippen LogP contribution >= 0.6 is 0 Å². The molecular weight excluding hydrogens is 385 g/mol. The summed E-state index contributed by atoms with van der Waals surface area (Å²) in [5.74, 6) is -1.34. The summed E-state index contributed by atoms with van der Waals surface area (Å²) in [6, 6.07) is 9.45. The first-order chi connectivity index (χ1) is 14.1. The van der Waals surface area contributed by atoms with Crippen LogP contribution in [0.3, 0.4) is 0 Å². The highest BCUT2D eigenvalue weighted by Crippen LogP contribution is 2.48. The molecule has 156 valence electrons. The number of aryl methyl sites for hydroxylation is 1. The van der Waals surface area contributed by atoms with Gasteiger partial charge in [0.1, 0.15) is 11.6 Å². The second-order valence-corrected chi connectivity index (χ2v) is 8.59. The number of hydrogen-bond acceptors (Lipinski definition) is 3. The van der Waals surface area contributed by atoms with Gasteiger partial charge in [-0.3, -0.25) is 9.59 Å². The number of carbonyl (C=O) groups is 1. The highest BCUT2D eigenvalue weighted by molar-refractivity contribution is 5.98. The van der Waals surface area contributed by atoms with Gasteiger partial charge in [-0.15, -0.1) is 0 Å². The molecule has 0 radical (unpaired) electrons. The van der Waals surface area contributed by atoms with Crippen LogP contribution in [0.25, 0.3) is 21.9 Å². The average Bonchev–Trinajstić information content (AvgIpc) is 3.47. The number of phenols is 1. The third kappa shape index (κ3) is 3.16. The number of fused-ring (bicyclic) bond motifs is 1. The standard InChI is InChI=1S/C24H24FNO4/c1-13(2)21-20(15-4-7-19(25)14(3)10-15)17-6-5-16(27)11-18(17)22(28)26(21)12-24(8-9-24)23(29)30/h4-7,10-11,13,27H,8-9,12H2,1-3H3,(H,29,30). The van der Waals surface area contributed by atoms with Gasteiger partial charge in [-0.25, -0.2) is 4.39 Å². The van der Waals surface area contributed by atoms with Crippen molar-refractivity contribution >= 4 is 16.7 Å². The molecule has 0 amide bonds. The lowest BCUT2D eigenvalue weighted by Gasteiger charge is -2.24. The Bertz CT molecular complexity index is 1240. The molecule has 4 rings (SSSR count). The minimum atomic E-state index is -0.937. The molecule has 6 heteroatoms. The molecule has 0 saturated heterocycles. The maximum atomic E-state index is 13.9. The quantitative estimate of drug-likeness (QED) is 0.634. The van der Waals surface area contributed by atoms with E-state index < -0.39 is 11.4 Å². The van der Waals surface area contributed by atoms with E-state index in [9.17, 15) is 24.2 Å². The Morgan fingerprint density at radius 3 is 2.43 bits per heavy atom. The molecule has 2 N–H and O–H groups in total. The predicted octanol–water partition coefficient (Wildman–Crippen LogP) is 4.81. The molecule has 30 heavy (non-hydrogen) atoms. The fourth-order valence-corrected chi connectivity index (χ4v) is 4.21. The SMILES string of the molecule is Cc1cc(-c2c(C(C)C)n(CC3(C(=O)O)CC3)c(=O)c3cc(O)ccc23)ccc1F. The Hall–Kier alpha value is -3.15. The molecule has 1 aliphatic carbocycles. The molecule has 5 nitrogen and oxygen atoms in total. The number of halogens is 1. The Morgan fingerprint density at radius 2 is 1.87 bits per heavy atom. The van der Waals surface area contributed by atoms with Crippen molar-refractivity contribution in [3.8, 4) is 16.9 Å². The summed E-state index contributed by atoms with van der Waals surface area (Å²) < 4.78 is 15.5. The smallest absolute Gasteiger partial charge is 0.311 e. The lowest BCUT2D eigenvalue weighted by Crippen LogP contribution is -2.32. The van der Waals surface area contributed by atoms with E-state index in [0.29, 0.717) is 29.2 Å². The molecular formula is C24H24FNO4. The predicted molar refractivity (Wildman–Crippen MR) is 113 cm³/mol. The normalized spacial score (nSPS) is 15.0. The number of rotatable bonds is 5. The van der Waals surface area contributed by atoms with E-state index in [1.807, 2.05) is 13.8 Å². The highest BCUT2D eigenvalue weighted by atomic mass is 19.1. The van der Waals surface area contributed by atoms with Crippen molar-refractivity contribution in [3.05, 3.63) is 63.8 Å². The third-order valence-corrected chi connectivity index (χ3v) is 6.06. The number of aromatic hydroxyl groups is 1. The van der Waals surface area contributed by atoms with Crippen LogP contribution in [-0.4, -0.2) is 20.7 Å². The summed E-state index contributed by atoms with van der Waals surface area (Å²) in [6.07, 6.45) is 1.05. The summed E-state index contributed by atoms with van der Waals surface area (Å²) in [4.78, 5) is 25.3. The molecule has 1 aliphatic rings. The number of pyridine rings is 1. The molecule has 1 heterocycles. The lowest BCUT2D eigenvalue weighted by molar-refractivity contribution is -0.143. The van der Waals surface area contributed by atoms with Crippen molar-refractivity contribution in [2.75, 3.05) is 0 Å². The van der Waals surface area contributed by atoms with Gasteiger partial charge in [-0.05, 0) is 72.5 Å². The van der Waals surface area contributed by atoms with Crippen LogP contribution in [0.1, 0.15) is 43.9 Å². The molecule has 1 saturated carbocycles. The van der Waals surface area contributed by atoms with Gasteiger partial charge in [-0.1, -0.05) is 19.9 Å². The van der Waals surface area contributed by atoms with E-state index in [0.717, 1.165) is 16.8 Å². The Labute approximate surface area is 173 Å². The van der Waals surface area contributed by atoms with Crippen molar-refractivity contribution in [2.45, 2.75) is 46.1 Å². The van der Waals surface area contributed by atoms with Gasteiger partial charge in [0.25, 0.3) is 5.56 Å². The first-order valence-corrected chi connectivity index (χ1v) is 10.0. The molecule has 3 aromatic rings. The lowest BCUT2D eigenvalue weighted by atomic mass is 9.90. The Kier molecular flexibility index (Phi) is 4.68. The van der Waals surface area contributed by atoms with E-state index >= 15 is 0 Å². The van der Waals surface area contributed by atoms with Crippen LogP contribution in [-0.2, 0) is 11.3 Å². The van der Waals surface area contributed by atoms with Gasteiger partial charge < -0.3 is 14.8 Å². The first kappa shape index (κ1) is 20.1. The second kappa shape index (κ2) is 6.97. The Morgan fingerprint density at radius 1 is 1.17 bits per heavy atom. The number of carboxylic acids is 1. The fourth-order valence-electron chi connectivity index (χ4n) is 4.21. The second-order valence-electron chi connectivity index (χ2n) is 8.59. The highest BCUT2D eigenvalue weighted by Gasteiger charge is 2.51. The van der Waals surface area contributed by atoms with E-state index in [2.05, 4.69) is 0 Å². The minimum absolute atomic E-state index is 0.0379. The van der Waals surface area contributed by atoms with Crippen LogP contribution in [0.5, 0.6) is 5.75 Å². The van der Waals surface area contributed by atoms with Crippen LogP contribution in [0.15, 0.2) is 41.2 Å². The zero-order valence-corrected chi connectivity index (χ0v) is 17.2. The van der Waals surface area contributed by atoms with Gasteiger partial charge in [0.15, 0.2) is 0 Å². The van der Waals surface area contributed by atoms with Crippen molar-refractivity contribution < 1.29 is 19.4 Å². The van der Waals surface area contributed by atoms with Crippen molar-refractivity contribution in [1.82, 2.24) is 4.57 Å². The largest absolute Gasteiger partial charge is 0.508 e. The summed E-state index contributed by atoms with van der Waals surface area (Å²) in [7, 11) is 0. The number of carboxylic acid groups (broad SMARTS) is 1. The van der Waals surface area contributed by atoms with E-state index in [1.165, 1.54) is 18.2 Å². The van der Waals surface area contributed by atoms with Crippen molar-refractivity contribution in [2.24, 2.45) is 5.41 Å². The summed E-state index contributed by atoms with van der Waals surface area (Å²) in [6.45, 7) is 5.67. The topological polar surface area (TPSA) is 79.5 Å². The molecule has 0 bridgehead atoms. The first-order valence-electron chi connectivity index (χ1n) is 10.0. The molecule has 1 fully saturated rings. The van der Waals surface area contributed by atoms with Gasteiger partial charge in [0.05, 0.1) is 10.8 Å². The van der Waals surface area contributed by atoms with Gasteiger partial charge in [-0.2, -0.15) is 0 Å². The average molecular weight is 409 g/mol. The number of benzene rings is 2. The number of nitrogens with zero attached hydrogens (tertiary/aromatic N) is 1. The van der Waals surface area contributed by atoms with Crippen molar-refractivity contribution in [1.29, 1.82) is 0 Å². The Balaban J connectivity index is 2.11. The maximum absolute atomic E-state index is 13.9. The zero-order chi connectivity index (χ0) is 21.8. The maximum Gasteiger partial charge on any atom is 0.311 e. The van der Waals surface area contributed by atoms with Gasteiger partial charge >= 0.3 is 5.97 Å². The van der Waals surface area contributed by atoms with Gasteiger partial charge in [0, 0.05) is 17.8 Å². The van der Waals surface area contributed by atoms with Gasteiger partial charge in [0.2, 0.25) is 0 Å². The molecule has 0 aliphatic heterocycles. The van der Waals surface area contributed by atoms with E-state index in [4.69, 9.17) is 0 Å². The molecule has 0 spiro atoms. The van der Waals surface area contributed by atoms with E-state index in [1.54, 1.807) is 29.7 Å². The monoisotopic (exact) mass is 409 g/mol. The summed E-state index contributed by atoms with van der Waals surface area (Å²) >= 11 is 0. The van der Waals surface area contributed by atoms with E-state index in [-0.39, 0.29) is 29.6 Å². The minimum Gasteiger partial charge on any atom is -0.508 e. The molecule has 2 aromatic carbocycles. The third-order valence-electron chi connectivity index (χ3n) is 6.06. The van der Waals surface area contributed by atoms with Crippen LogP contribution in [0.4, 0.5) is 4.39 Å². The zero-order valence-electron chi connectivity index (χ0n) is 17.2. The number of hydrogen-bond donors (Lipinski definition) is 2. The van der Waals surface area contributed by atoms with Crippen LogP contribution < -0.4 is 5.56 Å². The number of aliphatic carboxylic acids is 1. The van der Waals surface area contributed by atoms with Crippen LogP contribution in [0.2, 0.25) is 0 Å². The molecule has 1 aromatic heterocycles. The summed E-state index contributed by atoms with van der Waals surface area (Å²) in [5, 5.41) is 20.7. The fraction of sp³-hybridized carbons (Fsp3) is 0.333. The molecule has 0 unspecified atom stereocenters. The number of aromatic nitrogens is 1. The van der Waals surface area contributed by atoms with Crippen molar-refractivity contribution in [3.63, 3.8) is 0 Å². The molecule has 0 atom stereocenters. The van der Waals surface area contributed by atoms with Crippen LogP contribution in [0, 0.1) is 18.2 Å². The summed E-state index contributed by atoms with van der Waals surface area (Å²) in [5.41, 5.74) is 1.46.